The first-order valence-corrected chi connectivity index (χ1v) is 7.09. The van der Waals surface area contributed by atoms with Crippen molar-refractivity contribution in [1.82, 2.24) is 0 Å². The average Bonchev–Trinajstić information content (AvgIpc) is 2.25. The number of alkyl halides is 3. The minimum Gasteiger partial charge on any atom is -0.345 e. The third kappa shape index (κ3) is 2.96. The Morgan fingerprint density at radius 3 is 2.72 bits per heavy atom. The van der Waals surface area contributed by atoms with E-state index in [0.717, 1.165) is 6.34 Å². The van der Waals surface area contributed by atoms with Crippen LogP contribution >= 0.6 is 11.8 Å². The molecule has 1 aromatic rings. The Hall–Kier alpha value is -1.22. The Morgan fingerprint density at radius 2 is 2.06 bits per heavy atom. The van der Waals surface area contributed by atoms with Crippen LogP contribution in [0.5, 0.6) is 0 Å². The molecule has 98 valence electrons. The highest BCUT2D eigenvalue weighted by atomic mass is 32.2. The molecule has 1 heterocycles. The largest absolute Gasteiger partial charge is 0.398 e. The zero-order valence-electron chi connectivity index (χ0n) is 8.73. The SMILES string of the molecule is O=S1(=O)N=CNc2ccc(SCC(F)(F)F)cc21. The van der Waals surface area contributed by atoms with Crippen LogP contribution in [-0.4, -0.2) is 26.7 Å². The Morgan fingerprint density at radius 1 is 1.33 bits per heavy atom. The monoisotopic (exact) mass is 296 g/mol. The number of nitrogens with one attached hydrogen (secondary N) is 1. The molecule has 0 aliphatic carbocycles. The third-order valence-electron chi connectivity index (χ3n) is 2.05. The number of sulfonamides is 1. The lowest BCUT2D eigenvalue weighted by Gasteiger charge is -2.13. The number of rotatable bonds is 2. The van der Waals surface area contributed by atoms with E-state index in [-0.39, 0.29) is 9.79 Å². The van der Waals surface area contributed by atoms with Gasteiger partial charge in [0.1, 0.15) is 11.2 Å². The van der Waals surface area contributed by atoms with Gasteiger partial charge >= 0.3 is 6.18 Å². The standard InChI is InChI=1S/C9H7F3N2O2S2/c10-9(11,12)4-17-6-1-2-7-8(3-6)18(15,16)14-5-13-7/h1-3,5H,4H2,(H,13,14). The van der Waals surface area contributed by atoms with Gasteiger partial charge in [-0.15, -0.1) is 16.2 Å². The average molecular weight is 296 g/mol. The van der Waals surface area contributed by atoms with Crippen LogP contribution in [0.2, 0.25) is 0 Å². The second-order valence-electron chi connectivity index (χ2n) is 3.42. The number of halogens is 3. The molecule has 0 amide bonds. The summed E-state index contributed by atoms with van der Waals surface area (Å²) < 4.78 is 62.5. The fraction of sp³-hybridized carbons (Fsp3) is 0.222. The lowest BCUT2D eigenvalue weighted by atomic mass is 10.3. The molecule has 18 heavy (non-hydrogen) atoms. The van der Waals surface area contributed by atoms with Gasteiger partial charge in [0.15, 0.2) is 0 Å². The van der Waals surface area contributed by atoms with Gasteiger partial charge in [0.05, 0.1) is 11.4 Å². The predicted octanol–water partition coefficient (Wildman–Crippen LogP) is 2.48. The van der Waals surface area contributed by atoms with Crippen molar-refractivity contribution in [1.29, 1.82) is 0 Å². The van der Waals surface area contributed by atoms with Crippen LogP contribution in [0.3, 0.4) is 0 Å². The highest BCUT2D eigenvalue weighted by molar-refractivity contribution is 7.99. The molecule has 1 aromatic carbocycles. The molecule has 0 radical (unpaired) electrons. The summed E-state index contributed by atoms with van der Waals surface area (Å²) >= 11 is 0.532. The van der Waals surface area contributed by atoms with Gasteiger partial charge in [0.2, 0.25) is 0 Å². The fourth-order valence-corrected chi connectivity index (χ4v) is 3.07. The fourth-order valence-electron chi connectivity index (χ4n) is 1.31. The molecule has 4 nitrogen and oxygen atoms in total. The number of hydrogen-bond acceptors (Lipinski definition) is 4. The van der Waals surface area contributed by atoms with Gasteiger partial charge in [-0.1, -0.05) is 0 Å². The molecule has 0 aromatic heterocycles. The van der Waals surface area contributed by atoms with Crippen LogP contribution in [0.1, 0.15) is 0 Å². The van der Waals surface area contributed by atoms with E-state index in [4.69, 9.17) is 0 Å². The predicted molar refractivity (Wildman–Crippen MR) is 62.5 cm³/mol. The van der Waals surface area contributed by atoms with E-state index >= 15 is 0 Å². The van der Waals surface area contributed by atoms with Crippen molar-refractivity contribution in [3.05, 3.63) is 18.2 Å². The minimum absolute atomic E-state index is 0.114. The van der Waals surface area contributed by atoms with Crippen molar-refractivity contribution >= 4 is 33.8 Å². The van der Waals surface area contributed by atoms with Crippen molar-refractivity contribution in [2.24, 2.45) is 4.40 Å². The van der Waals surface area contributed by atoms with Gasteiger partial charge < -0.3 is 5.32 Å². The first-order valence-electron chi connectivity index (χ1n) is 4.67. The number of hydrogen-bond donors (Lipinski definition) is 1. The number of nitrogens with zero attached hydrogens (tertiary/aromatic N) is 1. The molecular formula is C9H7F3N2O2S2. The van der Waals surface area contributed by atoms with E-state index in [2.05, 4.69) is 9.71 Å². The second-order valence-corrected chi connectivity index (χ2v) is 6.07. The molecule has 1 N–H and O–H groups in total. The maximum absolute atomic E-state index is 12.1. The van der Waals surface area contributed by atoms with Gasteiger partial charge in [0, 0.05) is 4.90 Å². The topological polar surface area (TPSA) is 58.5 Å². The lowest BCUT2D eigenvalue weighted by molar-refractivity contribution is -0.105. The van der Waals surface area contributed by atoms with Crippen molar-refractivity contribution in [2.75, 3.05) is 11.1 Å². The van der Waals surface area contributed by atoms with Gasteiger partial charge in [0.25, 0.3) is 10.0 Å². The van der Waals surface area contributed by atoms with E-state index < -0.39 is 22.0 Å². The van der Waals surface area contributed by atoms with Crippen molar-refractivity contribution < 1.29 is 21.6 Å². The third-order valence-corrected chi connectivity index (χ3v) is 4.38. The van der Waals surface area contributed by atoms with Gasteiger partial charge in [-0.25, -0.2) is 0 Å². The summed E-state index contributed by atoms with van der Waals surface area (Å²) in [6.45, 7) is 0. The summed E-state index contributed by atoms with van der Waals surface area (Å²) in [5, 5.41) is 2.62. The number of anilines is 1. The Balaban J connectivity index is 2.28. The van der Waals surface area contributed by atoms with Crippen LogP contribution in [-0.2, 0) is 10.0 Å². The van der Waals surface area contributed by atoms with Gasteiger partial charge in [-0.05, 0) is 18.2 Å². The van der Waals surface area contributed by atoms with Crippen molar-refractivity contribution in [2.45, 2.75) is 16.0 Å². The molecule has 0 unspecified atom stereocenters. The number of thioether (sulfide) groups is 1. The zero-order chi connectivity index (χ0) is 13.4. The molecule has 1 aliphatic rings. The second kappa shape index (κ2) is 4.47. The molecule has 0 atom stereocenters. The van der Waals surface area contributed by atoms with E-state index in [1.54, 1.807) is 0 Å². The molecule has 0 saturated heterocycles. The van der Waals surface area contributed by atoms with Gasteiger partial charge in [-0.3, -0.25) is 0 Å². The summed E-state index contributed by atoms with van der Waals surface area (Å²) in [6.07, 6.45) is -3.27. The van der Waals surface area contributed by atoms with Crippen LogP contribution < -0.4 is 5.32 Å². The van der Waals surface area contributed by atoms with Gasteiger partial charge in [-0.2, -0.15) is 21.6 Å². The molecular weight excluding hydrogens is 289 g/mol. The van der Waals surface area contributed by atoms with E-state index in [9.17, 15) is 21.6 Å². The van der Waals surface area contributed by atoms with Crippen LogP contribution in [0, 0.1) is 0 Å². The highest BCUT2D eigenvalue weighted by Crippen LogP contribution is 2.33. The molecule has 0 bridgehead atoms. The van der Waals surface area contributed by atoms with Crippen LogP contribution in [0.15, 0.2) is 32.4 Å². The normalized spacial score (nSPS) is 17.1. The lowest BCUT2D eigenvalue weighted by Crippen LogP contribution is -2.12. The molecule has 9 heteroatoms. The molecule has 0 fully saturated rings. The summed E-state index contributed by atoms with van der Waals surface area (Å²) in [5.41, 5.74) is 0.307. The van der Waals surface area contributed by atoms with Crippen molar-refractivity contribution in [3.8, 4) is 0 Å². The Kier molecular flexibility index (Phi) is 3.28. The maximum Gasteiger partial charge on any atom is 0.398 e. The first kappa shape index (κ1) is 13.2. The minimum atomic E-state index is -4.30. The Labute approximate surface area is 105 Å². The number of fused-ring (bicyclic) bond motifs is 1. The van der Waals surface area contributed by atoms with E-state index in [1.807, 2.05) is 0 Å². The quantitative estimate of drug-likeness (QED) is 0.852. The van der Waals surface area contributed by atoms with Crippen molar-refractivity contribution in [3.63, 3.8) is 0 Å². The molecule has 0 saturated carbocycles. The first-order chi connectivity index (χ1) is 8.28. The van der Waals surface area contributed by atoms with Crippen LogP contribution in [0.25, 0.3) is 0 Å². The number of benzene rings is 1. The summed E-state index contributed by atoms with van der Waals surface area (Å²) in [4.78, 5) is 0.116. The smallest absolute Gasteiger partial charge is 0.345 e. The molecule has 1 aliphatic heterocycles. The zero-order valence-corrected chi connectivity index (χ0v) is 10.4. The summed E-state index contributed by atoms with van der Waals surface area (Å²) in [6, 6.07) is 4.03. The highest BCUT2D eigenvalue weighted by Gasteiger charge is 2.28. The van der Waals surface area contributed by atoms with Crippen LogP contribution in [0.4, 0.5) is 18.9 Å². The molecule has 2 rings (SSSR count). The summed E-state index contributed by atoms with van der Waals surface area (Å²) in [5.74, 6) is -1.07. The van der Waals surface area contributed by atoms with E-state index in [1.165, 1.54) is 18.2 Å². The summed E-state index contributed by atoms with van der Waals surface area (Å²) in [7, 11) is -3.81. The maximum atomic E-state index is 12.1. The van der Waals surface area contributed by atoms with E-state index in [0.29, 0.717) is 17.4 Å². The molecule has 0 spiro atoms. The Bertz CT molecular complexity index is 596.